The number of thioether (sulfide) groups is 2. The highest BCUT2D eigenvalue weighted by atomic mass is 32.2. The van der Waals surface area contributed by atoms with Crippen LogP contribution in [0.25, 0.3) is 0 Å². The van der Waals surface area contributed by atoms with Crippen molar-refractivity contribution in [3.05, 3.63) is 70.8 Å². The van der Waals surface area contributed by atoms with E-state index in [1.165, 1.54) is 73.6 Å². The van der Waals surface area contributed by atoms with E-state index in [0.717, 1.165) is 34.8 Å². The van der Waals surface area contributed by atoms with E-state index in [0.29, 0.717) is 18.6 Å². The summed E-state index contributed by atoms with van der Waals surface area (Å²) in [5.41, 5.74) is 5.62. The number of hydrogen-bond acceptors (Lipinski definition) is 3. The van der Waals surface area contributed by atoms with Gasteiger partial charge in [0.1, 0.15) is 5.78 Å². The Balaban J connectivity index is 1.23. The van der Waals surface area contributed by atoms with E-state index in [-0.39, 0.29) is 0 Å². The fourth-order valence-electron chi connectivity index (χ4n) is 5.08. The van der Waals surface area contributed by atoms with Crippen LogP contribution in [0, 0.1) is 0 Å². The van der Waals surface area contributed by atoms with Crippen molar-refractivity contribution in [3.8, 4) is 0 Å². The summed E-state index contributed by atoms with van der Waals surface area (Å²) >= 11 is 4.24. The van der Waals surface area contributed by atoms with Crippen molar-refractivity contribution in [1.29, 1.82) is 0 Å². The quantitative estimate of drug-likeness (QED) is 0.314. The number of carbonyl (C=O) groups excluding carboxylic acids is 1. The normalized spacial score (nSPS) is 17.2. The molecular weight excluding hydrogens is 428 g/mol. The van der Waals surface area contributed by atoms with Crippen molar-refractivity contribution in [2.75, 3.05) is 0 Å². The Morgan fingerprint density at radius 2 is 1.00 bits per heavy atom. The molecule has 0 spiro atoms. The molecule has 2 aromatic carbocycles. The maximum Gasteiger partial charge on any atom is 0.133 e. The smallest absolute Gasteiger partial charge is 0.133 e. The first-order chi connectivity index (χ1) is 15.8. The highest BCUT2D eigenvalue weighted by molar-refractivity contribution is 7.99. The van der Waals surface area contributed by atoms with Crippen LogP contribution in [-0.4, -0.2) is 16.3 Å². The molecule has 2 aliphatic rings. The molecule has 2 aromatic rings. The molecule has 2 saturated carbocycles. The van der Waals surface area contributed by atoms with Crippen molar-refractivity contribution >= 4 is 29.3 Å². The molecule has 0 amide bonds. The Morgan fingerprint density at radius 1 is 0.625 bits per heavy atom. The zero-order valence-corrected chi connectivity index (χ0v) is 21.0. The van der Waals surface area contributed by atoms with E-state index in [1.807, 2.05) is 0 Å². The summed E-state index contributed by atoms with van der Waals surface area (Å²) < 4.78 is 0. The van der Waals surface area contributed by atoms with Crippen LogP contribution in [-0.2, 0) is 29.1 Å². The van der Waals surface area contributed by atoms with Crippen molar-refractivity contribution in [2.24, 2.45) is 0 Å². The lowest BCUT2D eigenvalue weighted by Crippen LogP contribution is -2.05. The molecule has 0 saturated heterocycles. The molecule has 0 heterocycles. The molecule has 1 nitrogen and oxygen atoms in total. The second-order valence-corrected chi connectivity index (χ2v) is 12.1. The minimum absolute atomic E-state index is 0.404. The predicted octanol–water partition coefficient (Wildman–Crippen LogP) is 8.17. The molecule has 0 N–H and O–H groups in total. The van der Waals surface area contributed by atoms with Crippen LogP contribution in [0.1, 0.15) is 86.5 Å². The molecule has 0 unspecified atom stereocenters. The molecule has 2 fully saturated rings. The maximum atomic E-state index is 12.7. The van der Waals surface area contributed by atoms with Gasteiger partial charge in [-0.15, -0.1) is 0 Å². The van der Waals surface area contributed by atoms with Gasteiger partial charge >= 0.3 is 0 Å². The van der Waals surface area contributed by atoms with Crippen molar-refractivity contribution in [3.63, 3.8) is 0 Å². The van der Waals surface area contributed by atoms with E-state index in [2.05, 4.69) is 72.1 Å². The first kappa shape index (κ1) is 24.0. The Morgan fingerprint density at radius 3 is 1.41 bits per heavy atom. The summed E-state index contributed by atoms with van der Waals surface area (Å²) in [5.74, 6) is 2.60. The van der Waals surface area contributed by atoms with Crippen LogP contribution >= 0.6 is 23.5 Å². The summed E-state index contributed by atoms with van der Waals surface area (Å²) in [6, 6.07) is 17.5. The van der Waals surface area contributed by atoms with E-state index in [4.69, 9.17) is 0 Å². The Bertz CT molecular complexity index is 780. The van der Waals surface area contributed by atoms with Gasteiger partial charge in [0.15, 0.2) is 0 Å². The SMILES string of the molecule is O=C(CCc1ccccc1CSC1CCCC1)CCc1ccccc1CSC1CCCC1. The number of carbonyl (C=O) groups is 1. The standard InChI is InChI=1S/C29H38OS2/c30-27(19-17-23-9-1-3-11-25(23)21-31-28-13-5-6-14-28)20-18-24-10-2-4-12-26(24)22-32-29-15-7-8-16-29/h1-4,9-12,28-29H,5-8,13-22H2. The summed E-state index contributed by atoms with van der Waals surface area (Å²) in [5, 5.41) is 1.69. The van der Waals surface area contributed by atoms with Gasteiger partial charge in [0.05, 0.1) is 0 Å². The average molecular weight is 467 g/mol. The van der Waals surface area contributed by atoms with Gasteiger partial charge in [0, 0.05) is 34.8 Å². The van der Waals surface area contributed by atoms with Gasteiger partial charge in [-0.3, -0.25) is 4.79 Å². The molecule has 3 heteroatoms. The highest BCUT2D eigenvalue weighted by Gasteiger charge is 2.17. The van der Waals surface area contributed by atoms with Gasteiger partial charge in [-0.2, -0.15) is 23.5 Å². The molecule has 32 heavy (non-hydrogen) atoms. The van der Waals surface area contributed by atoms with E-state index >= 15 is 0 Å². The summed E-state index contributed by atoms with van der Waals surface area (Å²) in [4.78, 5) is 12.7. The topological polar surface area (TPSA) is 17.1 Å². The third-order valence-corrected chi connectivity index (χ3v) is 9.98. The molecule has 0 aromatic heterocycles. The fourth-order valence-corrected chi connectivity index (χ4v) is 7.81. The minimum Gasteiger partial charge on any atom is -0.300 e. The molecule has 0 bridgehead atoms. The number of ketones is 1. The Hall–Kier alpha value is -1.19. The van der Waals surface area contributed by atoms with E-state index in [1.54, 1.807) is 0 Å². The molecule has 0 aliphatic heterocycles. The lowest BCUT2D eigenvalue weighted by atomic mass is 9.98. The Kier molecular flexibility index (Phi) is 9.65. The average Bonchev–Trinajstić information content (AvgIpc) is 3.54. The van der Waals surface area contributed by atoms with Gasteiger partial charge in [0.25, 0.3) is 0 Å². The van der Waals surface area contributed by atoms with Gasteiger partial charge in [-0.05, 0) is 60.8 Å². The van der Waals surface area contributed by atoms with Gasteiger partial charge < -0.3 is 0 Å². The number of hydrogen-bond donors (Lipinski definition) is 0. The summed E-state index contributed by atoms with van der Waals surface area (Å²) in [7, 11) is 0. The lowest BCUT2D eigenvalue weighted by molar-refractivity contribution is -0.119. The van der Waals surface area contributed by atoms with Crippen LogP contribution in [0.5, 0.6) is 0 Å². The van der Waals surface area contributed by atoms with Crippen LogP contribution in [0.2, 0.25) is 0 Å². The molecule has 4 rings (SSSR count). The fraction of sp³-hybridized carbons (Fsp3) is 0.552. The van der Waals surface area contributed by atoms with Crippen LogP contribution < -0.4 is 0 Å². The molecular formula is C29H38OS2. The van der Waals surface area contributed by atoms with E-state index in [9.17, 15) is 4.79 Å². The number of aryl methyl sites for hydroxylation is 2. The number of rotatable bonds is 12. The zero-order valence-electron chi connectivity index (χ0n) is 19.4. The molecule has 2 aliphatic carbocycles. The van der Waals surface area contributed by atoms with Crippen molar-refractivity contribution < 1.29 is 4.79 Å². The third-order valence-electron chi connectivity index (χ3n) is 7.14. The second-order valence-electron chi connectivity index (χ2n) is 9.51. The molecule has 0 radical (unpaired) electrons. The minimum atomic E-state index is 0.404. The number of Topliss-reactive ketones (excluding diaryl/α,β-unsaturated/α-hetero) is 1. The van der Waals surface area contributed by atoms with Crippen molar-refractivity contribution in [1.82, 2.24) is 0 Å². The first-order valence-electron chi connectivity index (χ1n) is 12.7. The van der Waals surface area contributed by atoms with Crippen molar-refractivity contribution in [2.45, 2.75) is 99.1 Å². The molecule has 0 atom stereocenters. The van der Waals surface area contributed by atoms with E-state index < -0.39 is 0 Å². The number of benzene rings is 2. The van der Waals surface area contributed by atoms with Gasteiger partial charge in [-0.25, -0.2) is 0 Å². The second kappa shape index (κ2) is 12.9. The maximum absolute atomic E-state index is 12.7. The zero-order chi connectivity index (χ0) is 22.0. The summed E-state index contributed by atoms with van der Waals surface area (Å²) in [6.07, 6.45) is 14.2. The van der Waals surface area contributed by atoms with Gasteiger partial charge in [0.2, 0.25) is 0 Å². The third kappa shape index (κ3) is 7.42. The molecule has 172 valence electrons. The van der Waals surface area contributed by atoms with Crippen LogP contribution in [0.15, 0.2) is 48.5 Å². The Labute approximate surface area is 203 Å². The van der Waals surface area contributed by atoms with Crippen LogP contribution in [0.4, 0.5) is 0 Å². The summed E-state index contributed by atoms with van der Waals surface area (Å²) in [6.45, 7) is 0. The first-order valence-corrected chi connectivity index (χ1v) is 14.8. The van der Waals surface area contributed by atoms with Gasteiger partial charge in [-0.1, -0.05) is 74.2 Å². The predicted molar refractivity (Wildman–Crippen MR) is 142 cm³/mol. The van der Waals surface area contributed by atoms with Crippen LogP contribution in [0.3, 0.4) is 0 Å². The lowest BCUT2D eigenvalue weighted by Gasteiger charge is -2.13. The monoisotopic (exact) mass is 466 g/mol. The largest absolute Gasteiger partial charge is 0.300 e. The highest BCUT2D eigenvalue weighted by Crippen LogP contribution is 2.33.